The fraction of sp³-hybridized carbons (Fsp3) is 0.429. The van der Waals surface area contributed by atoms with E-state index < -0.39 is 6.10 Å². The number of carbonyl (C=O) groups excluding carboxylic acids is 2. The molecule has 0 N–H and O–H groups in total. The molecule has 2 amide bonds. The van der Waals surface area contributed by atoms with Gasteiger partial charge >= 0.3 is 0 Å². The van der Waals surface area contributed by atoms with E-state index >= 15 is 0 Å². The van der Waals surface area contributed by atoms with Gasteiger partial charge in [-0.1, -0.05) is 6.92 Å². The summed E-state index contributed by atoms with van der Waals surface area (Å²) < 4.78 is 5.74. The van der Waals surface area contributed by atoms with Crippen LogP contribution in [0.4, 0.5) is 5.69 Å². The summed E-state index contributed by atoms with van der Waals surface area (Å²) in [5.41, 5.74) is 2.30. The number of nitriles is 1. The second-order valence-corrected chi connectivity index (χ2v) is 7.91. The summed E-state index contributed by atoms with van der Waals surface area (Å²) in [7, 11) is 1.63. The number of aryl methyl sites for hydroxylation is 1. The van der Waals surface area contributed by atoms with Gasteiger partial charge in [-0.15, -0.1) is 11.3 Å². The van der Waals surface area contributed by atoms with Gasteiger partial charge in [0.1, 0.15) is 12.3 Å². The summed E-state index contributed by atoms with van der Waals surface area (Å²) in [6.45, 7) is 4.03. The highest BCUT2D eigenvalue weighted by Crippen LogP contribution is 2.37. The van der Waals surface area contributed by atoms with Gasteiger partial charge in [-0.25, -0.2) is 4.98 Å². The molecule has 0 aliphatic carbocycles. The molecule has 1 unspecified atom stereocenters. The van der Waals surface area contributed by atoms with E-state index in [1.807, 2.05) is 29.6 Å². The summed E-state index contributed by atoms with van der Waals surface area (Å²) in [5, 5.41) is 11.8. The van der Waals surface area contributed by atoms with Crippen LogP contribution < -0.4 is 9.64 Å². The molecule has 1 atom stereocenters. The highest BCUT2D eigenvalue weighted by atomic mass is 32.1. The number of likely N-dealkylation sites (N-methyl/N-ethyl adjacent to an activating group) is 1. The molecule has 0 fully saturated rings. The Kier molecular flexibility index (Phi) is 6.49. The number of rotatable bonds is 7. The smallest absolute Gasteiger partial charge is 0.268 e. The number of benzene rings is 1. The number of anilines is 1. The molecule has 3 rings (SSSR count). The molecule has 0 saturated heterocycles. The first kappa shape index (κ1) is 20.8. The maximum absolute atomic E-state index is 12.8. The monoisotopic (exact) mass is 412 g/mol. The van der Waals surface area contributed by atoms with E-state index in [0.717, 1.165) is 29.1 Å². The zero-order valence-corrected chi connectivity index (χ0v) is 17.7. The third kappa shape index (κ3) is 4.57. The minimum Gasteiger partial charge on any atom is -0.479 e. The molecule has 8 heteroatoms. The van der Waals surface area contributed by atoms with Gasteiger partial charge in [0, 0.05) is 24.5 Å². The molecule has 1 aromatic carbocycles. The largest absolute Gasteiger partial charge is 0.479 e. The number of ether oxygens (including phenoxy) is 1. The van der Waals surface area contributed by atoms with Gasteiger partial charge in [0.05, 0.1) is 28.9 Å². The standard InChI is InChI=1S/C21H24N4O3S/c1-4-6-19-23-16(13-29-19)15-7-8-18-17(11-15)25(21(27)14(2)28-18)12-20(26)24(3)10-5-9-22/h7-8,11,13-14H,4-6,10,12H2,1-3H3. The summed E-state index contributed by atoms with van der Waals surface area (Å²) in [6.07, 6.45) is 1.55. The second kappa shape index (κ2) is 9.05. The van der Waals surface area contributed by atoms with Gasteiger partial charge in [0.15, 0.2) is 6.10 Å². The van der Waals surface area contributed by atoms with Crippen LogP contribution in [0.2, 0.25) is 0 Å². The normalized spacial score (nSPS) is 15.4. The van der Waals surface area contributed by atoms with E-state index in [2.05, 4.69) is 11.9 Å². The lowest BCUT2D eigenvalue weighted by Gasteiger charge is -2.33. The molecule has 1 aromatic heterocycles. The highest BCUT2D eigenvalue weighted by molar-refractivity contribution is 7.09. The molecule has 1 aliphatic rings. The van der Waals surface area contributed by atoms with Crippen LogP contribution in [0.25, 0.3) is 11.3 Å². The average Bonchev–Trinajstić information content (AvgIpc) is 3.18. The Morgan fingerprint density at radius 3 is 2.97 bits per heavy atom. The number of hydrogen-bond donors (Lipinski definition) is 0. The second-order valence-electron chi connectivity index (χ2n) is 6.97. The quantitative estimate of drug-likeness (QED) is 0.697. The van der Waals surface area contributed by atoms with Crippen LogP contribution in [0.3, 0.4) is 0 Å². The van der Waals surface area contributed by atoms with E-state index in [1.165, 1.54) is 9.80 Å². The Balaban J connectivity index is 1.89. The van der Waals surface area contributed by atoms with Gasteiger partial charge < -0.3 is 9.64 Å². The first-order valence-corrected chi connectivity index (χ1v) is 10.5. The van der Waals surface area contributed by atoms with E-state index in [-0.39, 0.29) is 24.8 Å². The van der Waals surface area contributed by atoms with Crippen molar-refractivity contribution in [2.75, 3.05) is 25.0 Å². The van der Waals surface area contributed by atoms with Crippen LogP contribution in [0, 0.1) is 11.3 Å². The predicted octanol–water partition coefficient (Wildman–Crippen LogP) is 3.25. The highest BCUT2D eigenvalue weighted by Gasteiger charge is 2.33. The van der Waals surface area contributed by atoms with Crippen molar-refractivity contribution in [3.8, 4) is 23.1 Å². The van der Waals surface area contributed by atoms with Crippen molar-refractivity contribution in [3.05, 3.63) is 28.6 Å². The summed E-state index contributed by atoms with van der Waals surface area (Å²) in [4.78, 5) is 33.0. The molecule has 152 valence electrons. The zero-order valence-electron chi connectivity index (χ0n) is 16.8. The molecular formula is C21H24N4O3S. The third-order valence-corrected chi connectivity index (χ3v) is 5.67. The van der Waals surface area contributed by atoms with Gasteiger partial charge in [0.25, 0.3) is 5.91 Å². The minimum atomic E-state index is -0.666. The molecule has 7 nitrogen and oxygen atoms in total. The summed E-state index contributed by atoms with van der Waals surface area (Å²) in [6, 6.07) is 7.62. The lowest BCUT2D eigenvalue weighted by Crippen LogP contribution is -2.49. The molecule has 0 radical (unpaired) electrons. The van der Waals surface area contributed by atoms with E-state index in [1.54, 1.807) is 25.3 Å². The SMILES string of the molecule is CCCc1nc(-c2ccc3c(c2)N(CC(=O)N(C)CCC#N)C(=O)C(C)O3)cs1. The van der Waals surface area contributed by atoms with Crippen LogP contribution >= 0.6 is 11.3 Å². The lowest BCUT2D eigenvalue weighted by molar-refractivity contribution is -0.132. The van der Waals surface area contributed by atoms with Crippen LogP contribution in [-0.4, -0.2) is 47.9 Å². The van der Waals surface area contributed by atoms with Crippen molar-refractivity contribution < 1.29 is 14.3 Å². The fourth-order valence-electron chi connectivity index (χ4n) is 3.10. The Labute approximate surface area is 174 Å². The molecule has 1 aliphatic heterocycles. The zero-order chi connectivity index (χ0) is 21.0. The number of thiazole rings is 1. The van der Waals surface area contributed by atoms with Gasteiger partial charge in [-0.05, 0) is 38.0 Å². The average molecular weight is 413 g/mol. The van der Waals surface area contributed by atoms with Crippen molar-refractivity contribution in [2.45, 2.75) is 39.2 Å². The number of nitrogens with zero attached hydrogens (tertiary/aromatic N) is 4. The summed E-state index contributed by atoms with van der Waals surface area (Å²) >= 11 is 1.62. The van der Waals surface area contributed by atoms with E-state index in [9.17, 15) is 9.59 Å². The van der Waals surface area contributed by atoms with Crippen molar-refractivity contribution >= 4 is 28.8 Å². The molecule has 29 heavy (non-hydrogen) atoms. The fourth-order valence-corrected chi connectivity index (χ4v) is 4.01. The van der Waals surface area contributed by atoms with Crippen LogP contribution in [-0.2, 0) is 16.0 Å². The number of aromatic nitrogens is 1. The first-order valence-electron chi connectivity index (χ1n) is 9.62. The number of fused-ring (bicyclic) bond motifs is 1. The van der Waals surface area contributed by atoms with Crippen molar-refractivity contribution in [1.82, 2.24) is 9.88 Å². The van der Waals surface area contributed by atoms with Crippen molar-refractivity contribution in [2.24, 2.45) is 0 Å². The van der Waals surface area contributed by atoms with E-state index in [4.69, 9.17) is 10.00 Å². The van der Waals surface area contributed by atoms with Crippen molar-refractivity contribution in [1.29, 1.82) is 5.26 Å². The maximum Gasteiger partial charge on any atom is 0.268 e. The Bertz CT molecular complexity index is 950. The minimum absolute atomic E-state index is 0.0942. The maximum atomic E-state index is 12.8. The molecule has 0 bridgehead atoms. The Morgan fingerprint density at radius 2 is 2.24 bits per heavy atom. The third-order valence-electron chi connectivity index (χ3n) is 4.76. The van der Waals surface area contributed by atoms with Crippen LogP contribution in [0.15, 0.2) is 23.6 Å². The van der Waals surface area contributed by atoms with Gasteiger partial charge in [-0.3, -0.25) is 14.5 Å². The first-order chi connectivity index (χ1) is 13.9. The number of amides is 2. The van der Waals surface area contributed by atoms with Gasteiger partial charge in [-0.2, -0.15) is 5.26 Å². The number of carbonyl (C=O) groups is 2. The number of hydrogen-bond acceptors (Lipinski definition) is 6. The van der Waals surface area contributed by atoms with Crippen LogP contribution in [0.1, 0.15) is 31.7 Å². The molecular weight excluding hydrogens is 388 g/mol. The Morgan fingerprint density at radius 1 is 1.45 bits per heavy atom. The van der Waals surface area contributed by atoms with Crippen molar-refractivity contribution in [3.63, 3.8) is 0 Å². The van der Waals surface area contributed by atoms with Gasteiger partial charge in [0.2, 0.25) is 5.91 Å². The summed E-state index contributed by atoms with van der Waals surface area (Å²) in [5.74, 6) is 0.0805. The topological polar surface area (TPSA) is 86.5 Å². The molecule has 2 aromatic rings. The molecule has 2 heterocycles. The van der Waals surface area contributed by atoms with E-state index in [0.29, 0.717) is 18.0 Å². The predicted molar refractivity (Wildman–Crippen MR) is 112 cm³/mol. The van der Waals surface area contributed by atoms with Crippen LogP contribution in [0.5, 0.6) is 5.75 Å². The molecule has 0 spiro atoms. The Hall–Kier alpha value is -2.92. The lowest BCUT2D eigenvalue weighted by atomic mass is 10.1. The molecule has 0 saturated carbocycles.